The van der Waals surface area contributed by atoms with Crippen LogP contribution in [-0.2, 0) is 6.42 Å². The van der Waals surface area contributed by atoms with Gasteiger partial charge in [-0.15, -0.1) is 11.3 Å². The molecule has 4 nitrogen and oxygen atoms in total. The molecule has 0 fully saturated rings. The molecule has 3 heterocycles. The monoisotopic (exact) mass is 432 g/mol. The highest BCUT2D eigenvalue weighted by molar-refractivity contribution is 7.22. The van der Waals surface area contributed by atoms with Crippen molar-refractivity contribution in [2.75, 3.05) is 0 Å². The van der Waals surface area contributed by atoms with E-state index in [4.69, 9.17) is 0 Å². The van der Waals surface area contributed by atoms with E-state index in [1.54, 1.807) is 23.7 Å². The number of rotatable bonds is 5. The number of H-pyrrole nitrogens is 2. The molecule has 0 saturated heterocycles. The summed E-state index contributed by atoms with van der Waals surface area (Å²) < 4.78 is 1.27. The van der Waals surface area contributed by atoms with Crippen molar-refractivity contribution in [2.45, 2.75) is 6.42 Å². The Morgan fingerprint density at radius 1 is 0.844 bits per heavy atom. The maximum absolute atomic E-state index is 4.36. The predicted octanol–water partition coefficient (Wildman–Crippen LogP) is 6.89. The van der Waals surface area contributed by atoms with Gasteiger partial charge in [-0.05, 0) is 52.3 Å². The van der Waals surface area contributed by atoms with Crippen molar-refractivity contribution in [2.24, 2.45) is 0 Å². The first kappa shape index (κ1) is 18.8. The molecule has 5 heteroatoms. The van der Waals surface area contributed by atoms with Gasteiger partial charge in [0.1, 0.15) is 11.6 Å². The van der Waals surface area contributed by atoms with Gasteiger partial charge in [-0.1, -0.05) is 54.6 Å². The number of allylic oxidation sites excluding steroid dienone is 4. The first-order valence-corrected chi connectivity index (χ1v) is 11.3. The van der Waals surface area contributed by atoms with Crippen LogP contribution in [0.4, 0.5) is 0 Å². The number of aromatic amines is 2. The summed E-state index contributed by atoms with van der Waals surface area (Å²) in [6.07, 6.45) is 19.1. The highest BCUT2D eigenvalue weighted by Gasteiger charge is 2.12. The number of imidazole rings is 2. The summed E-state index contributed by atoms with van der Waals surface area (Å²) in [7, 11) is 0. The van der Waals surface area contributed by atoms with Crippen molar-refractivity contribution in [3.05, 3.63) is 108 Å². The van der Waals surface area contributed by atoms with Crippen LogP contribution in [0, 0.1) is 0 Å². The Morgan fingerprint density at radius 2 is 1.69 bits per heavy atom. The third kappa shape index (κ3) is 3.63. The molecule has 0 unspecified atom stereocenters. The maximum Gasteiger partial charge on any atom is 0.147 e. The van der Waals surface area contributed by atoms with Crippen molar-refractivity contribution in [3.8, 4) is 22.1 Å². The van der Waals surface area contributed by atoms with E-state index in [9.17, 15) is 0 Å². The highest BCUT2D eigenvalue weighted by Crippen LogP contribution is 2.33. The third-order valence-electron chi connectivity index (χ3n) is 5.64. The van der Waals surface area contributed by atoms with E-state index in [0.717, 1.165) is 28.5 Å². The molecule has 6 rings (SSSR count). The number of nitrogens with zero attached hydrogens (tertiary/aromatic N) is 2. The molecule has 5 aromatic rings. The first-order valence-electron chi connectivity index (χ1n) is 10.5. The van der Waals surface area contributed by atoms with Gasteiger partial charge >= 0.3 is 0 Å². The normalized spacial score (nSPS) is 13.4. The van der Waals surface area contributed by atoms with Gasteiger partial charge in [0.2, 0.25) is 0 Å². The second-order valence-corrected chi connectivity index (χ2v) is 8.90. The number of benzene rings is 2. The van der Waals surface area contributed by atoms with Gasteiger partial charge in [-0.2, -0.15) is 0 Å². The van der Waals surface area contributed by atoms with Gasteiger partial charge in [0.05, 0.1) is 4.88 Å². The van der Waals surface area contributed by atoms with Crippen molar-refractivity contribution in [1.82, 2.24) is 19.9 Å². The van der Waals surface area contributed by atoms with Gasteiger partial charge < -0.3 is 9.97 Å². The smallest absolute Gasteiger partial charge is 0.147 e. The number of fused-ring (bicyclic) bond motifs is 2. The van der Waals surface area contributed by atoms with Crippen molar-refractivity contribution in [3.63, 3.8) is 0 Å². The Morgan fingerprint density at radius 3 is 2.53 bits per heavy atom. The lowest BCUT2D eigenvalue weighted by Gasteiger charge is -2.02. The molecule has 2 N–H and O–H groups in total. The van der Waals surface area contributed by atoms with Crippen LogP contribution in [0.15, 0.2) is 91.1 Å². The summed E-state index contributed by atoms with van der Waals surface area (Å²) in [6, 6.07) is 15.3. The number of hydrogen-bond acceptors (Lipinski definition) is 3. The zero-order valence-electron chi connectivity index (χ0n) is 17.2. The molecule has 0 radical (unpaired) electrons. The Bertz CT molecular complexity index is 1480. The van der Waals surface area contributed by atoms with Crippen molar-refractivity contribution >= 4 is 33.6 Å². The molecule has 2 aromatic carbocycles. The summed E-state index contributed by atoms with van der Waals surface area (Å²) in [4.78, 5) is 16.2. The minimum absolute atomic E-state index is 0.915. The average molecular weight is 433 g/mol. The van der Waals surface area contributed by atoms with Crippen molar-refractivity contribution in [1.29, 1.82) is 0 Å². The minimum Gasteiger partial charge on any atom is -0.345 e. The fourth-order valence-corrected chi connectivity index (χ4v) is 5.13. The van der Waals surface area contributed by atoms with E-state index < -0.39 is 0 Å². The number of hydrogen-bond donors (Lipinski definition) is 2. The molecule has 0 saturated carbocycles. The lowest BCUT2D eigenvalue weighted by molar-refractivity contribution is 1.23. The molecule has 0 atom stereocenters. The molecular weight excluding hydrogens is 412 g/mol. The third-order valence-corrected chi connectivity index (χ3v) is 6.74. The molecule has 3 aromatic heterocycles. The van der Waals surface area contributed by atoms with E-state index in [0.29, 0.717) is 0 Å². The molecule has 0 bridgehead atoms. The highest BCUT2D eigenvalue weighted by atomic mass is 32.1. The van der Waals surface area contributed by atoms with Gasteiger partial charge in [0.15, 0.2) is 0 Å². The van der Waals surface area contributed by atoms with Crippen LogP contribution in [0.25, 0.3) is 44.3 Å². The molecule has 0 spiro atoms. The van der Waals surface area contributed by atoms with Gasteiger partial charge in [-0.25, -0.2) is 9.97 Å². The molecule has 154 valence electrons. The second-order valence-electron chi connectivity index (χ2n) is 7.81. The summed E-state index contributed by atoms with van der Waals surface area (Å²) in [6.45, 7) is 0. The van der Waals surface area contributed by atoms with Crippen LogP contribution in [0.5, 0.6) is 0 Å². The lowest BCUT2D eigenvalue weighted by Crippen LogP contribution is -1.86. The fourth-order valence-electron chi connectivity index (χ4n) is 4.06. The topological polar surface area (TPSA) is 57.4 Å². The van der Waals surface area contributed by atoms with Gasteiger partial charge in [0.25, 0.3) is 0 Å². The van der Waals surface area contributed by atoms with E-state index in [2.05, 4.69) is 92.8 Å². The molecule has 1 aliphatic rings. The first-order chi connectivity index (χ1) is 15.8. The minimum atomic E-state index is 0.915. The zero-order valence-corrected chi connectivity index (χ0v) is 18.1. The van der Waals surface area contributed by atoms with Crippen LogP contribution in [0.3, 0.4) is 0 Å². The molecule has 1 aliphatic carbocycles. The summed E-state index contributed by atoms with van der Waals surface area (Å²) in [5, 5.41) is 1.25. The Kier molecular flexibility index (Phi) is 4.66. The maximum atomic E-state index is 4.36. The van der Waals surface area contributed by atoms with E-state index in [1.807, 2.05) is 12.4 Å². The van der Waals surface area contributed by atoms with E-state index in [1.165, 1.54) is 32.3 Å². The van der Waals surface area contributed by atoms with E-state index in [-0.39, 0.29) is 0 Å². The molecule has 0 aliphatic heterocycles. The van der Waals surface area contributed by atoms with Gasteiger partial charge in [-0.3, -0.25) is 0 Å². The SMILES string of the molecule is C1=C(/C=C/C=C/c2ccc3cc(-c4ncc[nH]4)sc3c2)Cc2cc(-c3ncc[nH]3)ccc21. The summed E-state index contributed by atoms with van der Waals surface area (Å²) in [5.41, 5.74) is 6.28. The van der Waals surface area contributed by atoms with Crippen LogP contribution < -0.4 is 0 Å². The average Bonchev–Trinajstić information content (AvgIpc) is 3.61. The summed E-state index contributed by atoms with van der Waals surface area (Å²) in [5.74, 6) is 1.84. The molecule has 32 heavy (non-hydrogen) atoms. The van der Waals surface area contributed by atoms with Crippen molar-refractivity contribution < 1.29 is 0 Å². The summed E-state index contributed by atoms with van der Waals surface area (Å²) >= 11 is 1.76. The van der Waals surface area contributed by atoms with Crippen LogP contribution >= 0.6 is 11.3 Å². The quantitative estimate of drug-likeness (QED) is 0.297. The largest absolute Gasteiger partial charge is 0.345 e. The Hall–Kier alpha value is -3.96. The van der Waals surface area contributed by atoms with Gasteiger partial charge in [0, 0.05) is 35.1 Å². The van der Waals surface area contributed by atoms with Crippen LogP contribution in [0.1, 0.15) is 16.7 Å². The zero-order chi connectivity index (χ0) is 21.3. The Labute approximate surface area is 189 Å². The number of thiophene rings is 1. The van der Waals surface area contributed by atoms with Crippen LogP contribution in [0.2, 0.25) is 0 Å². The predicted molar refractivity (Wildman–Crippen MR) is 133 cm³/mol. The number of nitrogens with one attached hydrogen (secondary N) is 2. The fraction of sp³-hybridized carbons (Fsp3) is 0.0370. The second kappa shape index (κ2) is 7.94. The van der Waals surface area contributed by atoms with Crippen LogP contribution in [-0.4, -0.2) is 19.9 Å². The Balaban J connectivity index is 1.14. The molecular formula is C27H20N4S. The standard InChI is InChI=1S/C27H20N4S/c1(3-18-5-6-21-17-25(32-24(21)15-18)27-30-11-12-31-27)2-4-19-13-20-7-8-22(16-23(20)14-19)26-28-9-10-29-26/h1-13,15-17H,14H2,(H,28,29)(H,30,31)/b3-1+,4-2+. The lowest BCUT2D eigenvalue weighted by atomic mass is 10.0. The van der Waals surface area contributed by atoms with E-state index >= 15 is 0 Å². The number of aromatic nitrogens is 4. The molecule has 0 amide bonds.